The number of rotatable bonds is 5. The van der Waals surface area contributed by atoms with Crippen molar-refractivity contribution >= 4 is 21.4 Å². The van der Waals surface area contributed by atoms with Gasteiger partial charge in [-0.25, -0.2) is 8.42 Å². The molecule has 0 aromatic heterocycles. The van der Waals surface area contributed by atoms with Crippen molar-refractivity contribution < 1.29 is 18.1 Å². The number of nitrogens with zero attached hydrogens (tertiary/aromatic N) is 2. The minimum Gasteiger partial charge on any atom is -0.573 e. The van der Waals surface area contributed by atoms with Gasteiger partial charge in [-0.3, -0.25) is 10.1 Å². The molecule has 116 valence electrons. The highest BCUT2D eigenvalue weighted by Crippen LogP contribution is 2.32. The average molecular weight is 321 g/mol. The average Bonchev–Trinajstić information content (AvgIpc) is 2.48. The predicted molar refractivity (Wildman–Crippen MR) is 81.0 cm³/mol. The molecule has 2 aromatic rings. The Morgan fingerprint density at radius 1 is 1.14 bits per heavy atom. The van der Waals surface area contributed by atoms with E-state index in [-0.39, 0.29) is 16.3 Å². The molecule has 0 saturated heterocycles. The molecule has 0 N–H and O–H groups in total. The van der Waals surface area contributed by atoms with Gasteiger partial charge in [0, 0.05) is 11.6 Å². The predicted octanol–water partition coefficient (Wildman–Crippen LogP) is 3.31. The standard InChI is InChI=1S/C14H13N2O5S/c1-10-3-4-11(9-14(10)16(17)18)15-22(19,20)13-7-5-12(21-2)6-8-13/h3-9H,1-2H3/q-1. The summed E-state index contributed by atoms with van der Waals surface area (Å²) in [5, 5.41) is 10.9. The maximum atomic E-state index is 12.2. The number of hydrogen-bond donors (Lipinski definition) is 0. The van der Waals surface area contributed by atoms with Gasteiger partial charge in [0.2, 0.25) is 0 Å². The van der Waals surface area contributed by atoms with Gasteiger partial charge in [0.15, 0.2) is 0 Å². The molecular weight excluding hydrogens is 308 g/mol. The summed E-state index contributed by atoms with van der Waals surface area (Å²) < 4.78 is 33.0. The summed E-state index contributed by atoms with van der Waals surface area (Å²) in [7, 11) is -2.48. The Balaban J connectivity index is 2.32. The fourth-order valence-corrected chi connectivity index (χ4v) is 2.77. The van der Waals surface area contributed by atoms with Gasteiger partial charge < -0.3 is 9.46 Å². The van der Waals surface area contributed by atoms with Crippen LogP contribution in [0, 0.1) is 17.0 Å². The van der Waals surface area contributed by atoms with E-state index in [0.29, 0.717) is 11.3 Å². The van der Waals surface area contributed by atoms with Crippen LogP contribution in [-0.2, 0) is 10.0 Å². The van der Waals surface area contributed by atoms with Crippen molar-refractivity contribution in [1.82, 2.24) is 0 Å². The Bertz CT molecular complexity index is 800. The fourth-order valence-electron chi connectivity index (χ4n) is 1.79. The smallest absolute Gasteiger partial charge is 0.271 e. The third kappa shape index (κ3) is 3.34. The number of methoxy groups -OCH3 is 1. The second kappa shape index (κ2) is 6.02. The minimum absolute atomic E-state index is 0.00752. The molecule has 0 aliphatic heterocycles. The molecule has 0 amide bonds. The van der Waals surface area contributed by atoms with Crippen LogP contribution in [-0.4, -0.2) is 20.5 Å². The van der Waals surface area contributed by atoms with Crippen molar-refractivity contribution in [3.05, 3.63) is 62.9 Å². The maximum absolute atomic E-state index is 12.2. The van der Waals surface area contributed by atoms with E-state index in [1.165, 1.54) is 43.5 Å². The van der Waals surface area contributed by atoms with Gasteiger partial charge in [0.25, 0.3) is 5.69 Å². The van der Waals surface area contributed by atoms with E-state index in [1.54, 1.807) is 6.92 Å². The summed E-state index contributed by atoms with van der Waals surface area (Å²) in [5.41, 5.74) is 0.269. The largest absolute Gasteiger partial charge is 0.573 e. The van der Waals surface area contributed by atoms with Crippen LogP contribution in [0.5, 0.6) is 5.75 Å². The molecule has 0 unspecified atom stereocenters. The number of hydrogen-bond acceptors (Lipinski definition) is 5. The highest BCUT2D eigenvalue weighted by atomic mass is 32.2. The van der Waals surface area contributed by atoms with Gasteiger partial charge in [-0.2, -0.15) is 0 Å². The summed E-state index contributed by atoms with van der Waals surface area (Å²) in [6, 6.07) is 9.74. The number of benzene rings is 2. The Hall–Kier alpha value is -2.61. The topological polar surface area (TPSA) is 101 Å². The monoisotopic (exact) mass is 321 g/mol. The van der Waals surface area contributed by atoms with E-state index in [0.717, 1.165) is 6.07 Å². The lowest BCUT2D eigenvalue weighted by atomic mass is 10.2. The number of sulfonamides is 1. The van der Waals surface area contributed by atoms with Crippen LogP contribution in [0.2, 0.25) is 0 Å². The van der Waals surface area contributed by atoms with E-state index in [2.05, 4.69) is 4.72 Å². The zero-order valence-corrected chi connectivity index (χ0v) is 12.7. The zero-order chi connectivity index (χ0) is 16.3. The van der Waals surface area contributed by atoms with Crippen LogP contribution in [0.3, 0.4) is 0 Å². The molecule has 0 bridgehead atoms. The summed E-state index contributed by atoms with van der Waals surface area (Å²) in [4.78, 5) is 10.3. The van der Waals surface area contributed by atoms with E-state index >= 15 is 0 Å². The van der Waals surface area contributed by atoms with Crippen molar-refractivity contribution in [3.63, 3.8) is 0 Å². The lowest BCUT2D eigenvalue weighted by molar-refractivity contribution is -0.385. The highest BCUT2D eigenvalue weighted by Gasteiger charge is 2.10. The molecule has 0 atom stereocenters. The molecule has 7 nitrogen and oxygen atoms in total. The van der Waals surface area contributed by atoms with E-state index in [9.17, 15) is 18.5 Å². The van der Waals surface area contributed by atoms with Crippen molar-refractivity contribution in [2.45, 2.75) is 11.8 Å². The van der Waals surface area contributed by atoms with Gasteiger partial charge in [0.1, 0.15) is 15.8 Å². The zero-order valence-electron chi connectivity index (χ0n) is 11.9. The van der Waals surface area contributed by atoms with Gasteiger partial charge in [-0.15, -0.1) is 5.69 Å². The van der Waals surface area contributed by atoms with Gasteiger partial charge in [0.05, 0.1) is 16.9 Å². The summed E-state index contributed by atoms with van der Waals surface area (Å²) in [6.07, 6.45) is 0. The Kier molecular flexibility index (Phi) is 4.32. The van der Waals surface area contributed by atoms with E-state index in [1.807, 2.05) is 0 Å². The normalized spacial score (nSPS) is 11.0. The van der Waals surface area contributed by atoms with Crippen molar-refractivity contribution in [3.8, 4) is 5.75 Å². The first kappa shape index (κ1) is 15.8. The Morgan fingerprint density at radius 3 is 2.32 bits per heavy atom. The molecular formula is C14H13N2O5S-. The number of nitro benzene ring substituents is 1. The first-order valence-electron chi connectivity index (χ1n) is 6.20. The van der Waals surface area contributed by atoms with Crippen LogP contribution >= 0.6 is 0 Å². The summed E-state index contributed by atoms with van der Waals surface area (Å²) >= 11 is 0. The lowest BCUT2D eigenvalue weighted by Crippen LogP contribution is -1.98. The molecule has 0 aliphatic carbocycles. The Labute approximate surface area is 127 Å². The molecule has 0 saturated carbocycles. The van der Waals surface area contributed by atoms with Crippen LogP contribution in [0.4, 0.5) is 11.4 Å². The lowest BCUT2D eigenvalue weighted by Gasteiger charge is -2.22. The second-order valence-electron chi connectivity index (χ2n) is 4.47. The van der Waals surface area contributed by atoms with Crippen LogP contribution in [0.15, 0.2) is 47.4 Å². The van der Waals surface area contributed by atoms with E-state index < -0.39 is 14.9 Å². The molecule has 2 aromatic carbocycles. The number of ether oxygens (including phenoxy) is 1. The molecule has 2 rings (SSSR count). The molecule has 0 heterocycles. The fraction of sp³-hybridized carbons (Fsp3) is 0.143. The maximum Gasteiger partial charge on any atom is 0.271 e. The summed E-state index contributed by atoms with van der Waals surface area (Å²) in [6.45, 7) is 1.57. The first-order chi connectivity index (χ1) is 10.3. The molecule has 0 radical (unpaired) electrons. The SMILES string of the molecule is COc1ccc(S(=O)(=O)[N-]c2ccc(C)c([N+](=O)[O-])c2)cc1. The molecule has 22 heavy (non-hydrogen) atoms. The van der Waals surface area contributed by atoms with E-state index in [4.69, 9.17) is 4.74 Å². The first-order valence-corrected chi connectivity index (χ1v) is 7.64. The van der Waals surface area contributed by atoms with Crippen LogP contribution in [0.25, 0.3) is 4.72 Å². The molecule has 0 aliphatic rings. The minimum atomic E-state index is -3.95. The number of nitro groups is 1. The van der Waals surface area contributed by atoms with Gasteiger partial charge in [-0.1, -0.05) is 12.1 Å². The van der Waals surface area contributed by atoms with Gasteiger partial charge >= 0.3 is 0 Å². The third-order valence-corrected chi connectivity index (χ3v) is 4.29. The summed E-state index contributed by atoms with van der Waals surface area (Å²) in [5.74, 6) is 0.518. The molecule has 8 heteroatoms. The van der Waals surface area contributed by atoms with Gasteiger partial charge in [-0.05, 0) is 31.2 Å². The molecule has 0 fully saturated rings. The quantitative estimate of drug-likeness (QED) is 0.621. The highest BCUT2D eigenvalue weighted by molar-refractivity contribution is 7.94. The van der Waals surface area contributed by atoms with Crippen molar-refractivity contribution in [2.24, 2.45) is 0 Å². The van der Waals surface area contributed by atoms with Crippen LogP contribution < -0.4 is 4.74 Å². The third-order valence-electron chi connectivity index (χ3n) is 2.97. The van der Waals surface area contributed by atoms with Crippen LogP contribution in [0.1, 0.15) is 5.56 Å². The number of aryl methyl sites for hydroxylation is 1. The van der Waals surface area contributed by atoms with Crippen molar-refractivity contribution in [1.29, 1.82) is 0 Å². The van der Waals surface area contributed by atoms with Crippen molar-refractivity contribution in [2.75, 3.05) is 7.11 Å². The molecule has 0 spiro atoms. The second-order valence-corrected chi connectivity index (χ2v) is 6.07. The Morgan fingerprint density at radius 2 is 1.77 bits per heavy atom.